The Morgan fingerprint density at radius 1 is 1.23 bits per heavy atom. The average molecular weight is 338 g/mol. The van der Waals surface area contributed by atoms with Crippen LogP contribution in [0.2, 0.25) is 5.28 Å². The Morgan fingerprint density at radius 3 is 2.73 bits per heavy atom. The monoisotopic (exact) mass is 337 g/mol. The maximum Gasteiger partial charge on any atom is 0.399 e. The summed E-state index contributed by atoms with van der Waals surface area (Å²) in [5, 5.41) is 3.62. The first-order valence-electron chi connectivity index (χ1n) is 6.42. The Kier molecular flexibility index (Phi) is 4.00. The van der Waals surface area contributed by atoms with Crippen LogP contribution in [0.5, 0.6) is 11.5 Å². The molecule has 0 bridgehead atoms. The molecule has 0 aliphatic carbocycles. The Hall–Kier alpha value is -2.12. The quantitative estimate of drug-likeness (QED) is 0.586. The molecule has 0 unspecified atom stereocenters. The number of nitrogens with zero attached hydrogens (tertiary/aromatic N) is 3. The van der Waals surface area contributed by atoms with Crippen molar-refractivity contribution in [1.29, 1.82) is 0 Å². The number of fused-ring (bicyclic) bond motifs is 1. The third kappa shape index (κ3) is 2.53. The number of rotatable bonds is 4. The van der Waals surface area contributed by atoms with Crippen LogP contribution in [0.4, 0.5) is 11.5 Å². The van der Waals surface area contributed by atoms with Gasteiger partial charge in [-0.05, 0) is 17.1 Å². The number of aryl methyl sites for hydroxylation is 1. The summed E-state index contributed by atoms with van der Waals surface area (Å²) >= 11 is 7.68. The van der Waals surface area contributed by atoms with E-state index in [0.29, 0.717) is 22.6 Å². The second-order valence-corrected chi connectivity index (χ2v) is 5.66. The van der Waals surface area contributed by atoms with Crippen molar-refractivity contribution >= 4 is 44.8 Å². The van der Waals surface area contributed by atoms with Crippen LogP contribution in [0, 0.1) is 0 Å². The Bertz CT molecular complexity index is 837. The number of anilines is 2. The van der Waals surface area contributed by atoms with Gasteiger partial charge in [-0.25, -0.2) is 9.55 Å². The van der Waals surface area contributed by atoms with Crippen LogP contribution in [-0.4, -0.2) is 24.2 Å². The van der Waals surface area contributed by atoms with E-state index in [4.69, 9.17) is 21.1 Å². The van der Waals surface area contributed by atoms with Gasteiger partial charge < -0.3 is 14.8 Å². The predicted octanol–water partition coefficient (Wildman–Crippen LogP) is 2.93. The summed E-state index contributed by atoms with van der Waals surface area (Å²) in [5.74, 6) is 1.90. The van der Waals surface area contributed by atoms with Crippen LogP contribution in [0.15, 0.2) is 23.7 Å². The Labute approximate surface area is 136 Å². The zero-order valence-corrected chi connectivity index (χ0v) is 13.8. The first-order valence-corrected chi connectivity index (χ1v) is 7.67. The van der Waals surface area contributed by atoms with E-state index < -0.39 is 0 Å². The Morgan fingerprint density at radius 2 is 2.00 bits per heavy atom. The van der Waals surface area contributed by atoms with Gasteiger partial charge in [0.2, 0.25) is 4.83 Å². The van der Waals surface area contributed by atoms with Crippen LogP contribution in [0.1, 0.15) is 0 Å². The molecule has 0 spiro atoms. The molecule has 22 heavy (non-hydrogen) atoms. The van der Waals surface area contributed by atoms with Crippen molar-refractivity contribution in [2.75, 3.05) is 19.5 Å². The average Bonchev–Trinajstić information content (AvgIpc) is 3.02. The van der Waals surface area contributed by atoms with Crippen LogP contribution in [-0.2, 0) is 7.05 Å². The summed E-state index contributed by atoms with van der Waals surface area (Å²) < 4.78 is 12.3. The normalized spacial score (nSPS) is 10.7. The topological polar surface area (TPSA) is 60.2 Å². The minimum Gasteiger partial charge on any atom is -0.493 e. The van der Waals surface area contributed by atoms with Crippen LogP contribution in [0.25, 0.3) is 10.3 Å². The van der Waals surface area contributed by atoms with Gasteiger partial charge in [0.25, 0.3) is 5.82 Å². The van der Waals surface area contributed by atoms with Crippen LogP contribution >= 0.6 is 22.9 Å². The lowest BCUT2D eigenvalue weighted by molar-refractivity contribution is -0.643. The number of hydrogen-bond acceptors (Lipinski definition) is 6. The summed E-state index contributed by atoms with van der Waals surface area (Å²) in [6.07, 6.45) is 0. The minimum atomic E-state index is 0.389. The van der Waals surface area contributed by atoms with Gasteiger partial charge >= 0.3 is 5.28 Å². The lowest BCUT2D eigenvalue weighted by atomic mass is 10.2. The fourth-order valence-electron chi connectivity index (χ4n) is 2.08. The lowest BCUT2D eigenvalue weighted by Gasteiger charge is -2.09. The molecule has 0 fully saturated rings. The second kappa shape index (κ2) is 5.94. The number of benzene rings is 1. The number of nitrogens with one attached hydrogen (secondary N) is 1. The van der Waals surface area contributed by atoms with E-state index >= 15 is 0 Å². The van der Waals surface area contributed by atoms with Crippen molar-refractivity contribution in [3.8, 4) is 11.5 Å². The van der Waals surface area contributed by atoms with E-state index in [1.165, 1.54) is 11.3 Å². The third-order valence-electron chi connectivity index (χ3n) is 3.20. The Balaban J connectivity index is 2.03. The third-order valence-corrected chi connectivity index (χ3v) is 4.44. The zero-order valence-electron chi connectivity index (χ0n) is 12.3. The molecule has 0 aliphatic heterocycles. The number of ether oxygens (including phenoxy) is 2. The molecule has 6 nitrogen and oxygen atoms in total. The largest absolute Gasteiger partial charge is 0.493 e. The second-order valence-electron chi connectivity index (χ2n) is 4.49. The number of aromatic nitrogens is 3. The van der Waals surface area contributed by atoms with Crippen LogP contribution < -0.4 is 19.4 Å². The van der Waals surface area contributed by atoms with E-state index in [-0.39, 0.29) is 0 Å². The van der Waals surface area contributed by atoms with Gasteiger partial charge in [-0.3, -0.25) is 0 Å². The van der Waals surface area contributed by atoms with Gasteiger partial charge in [-0.1, -0.05) is 11.3 Å². The van der Waals surface area contributed by atoms with Gasteiger partial charge in [0.05, 0.1) is 26.8 Å². The molecule has 114 valence electrons. The van der Waals surface area contributed by atoms with Crippen molar-refractivity contribution in [3.63, 3.8) is 0 Å². The molecule has 2 heterocycles. The highest BCUT2D eigenvalue weighted by Crippen LogP contribution is 2.32. The van der Waals surface area contributed by atoms with E-state index in [0.717, 1.165) is 16.0 Å². The standard InChI is InChI=1S/C14H13ClN4O2S/c1-19-13-11(16-7-22-13)12(18-14(19)15)17-8-4-5-9(20-2)10(6-8)21-3/h4-7H,1-3H3/p+1. The zero-order chi connectivity index (χ0) is 15.7. The molecule has 3 rings (SSSR count). The van der Waals surface area contributed by atoms with Gasteiger partial charge in [0.15, 0.2) is 17.0 Å². The molecule has 3 aromatic rings. The van der Waals surface area contributed by atoms with E-state index in [1.54, 1.807) is 24.3 Å². The SMILES string of the molecule is COc1ccc(Nc2nc(Cl)[n+](C)c3scnc23)cc1OC. The van der Waals surface area contributed by atoms with Crippen molar-refractivity contribution in [3.05, 3.63) is 29.0 Å². The first-order chi connectivity index (χ1) is 10.6. The molecule has 2 aromatic heterocycles. The molecule has 1 aromatic carbocycles. The van der Waals surface area contributed by atoms with Crippen molar-refractivity contribution in [2.24, 2.45) is 7.05 Å². The van der Waals surface area contributed by atoms with E-state index in [1.807, 2.05) is 25.2 Å². The number of methoxy groups -OCH3 is 2. The van der Waals surface area contributed by atoms with Gasteiger partial charge in [0, 0.05) is 23.4 Å². The number of thiazole rings is 1. The molecule has 0 saturated heterocycles. The number of hydrogen-bond donors (Lipinski definition) is 1. The predicted molar refractivity (Wildman–Crippen MR) is 86.4 cm³/mol. The molecule has 0 aliphatic rings. The molecular formula is C14H14ClN4O2S+. The summed E-state index contributed by atoms with van der Waals surface area (Å²) in [5.41, 5.74) is 3.35. The van der Waals surface area contributed by atoms with Crippen LogP contribution in [0.3, 0.4) is 0 Å². The highest BCUT2D eigenvalue weighted by Gasteiger charge is 2.21. The van der Waals surface area contributed by atoms with Crippen molar-refractivity contribution < 1.29 is 14.0 Å². The fourth-order valence-corrected chi connectivity index (χ4v) is 3.06. The number of halogens is 1. The van der Waals surface area contributed by atoms with E-state index in [9.17, 15) is 0 Å². The van der Waals surface area contributed by atoms with Gasteiger partial charge in [0.1, 0.15) is 0 Å². The first kappa shape index (κ1) is 14.8. The summed E-state index contributed by atoms with van der Waals surface area (Å²) in [6, 6.07) is 5.53. The molecular weight excluding hydrogens is 324 g/mol. The van der Waals surface area contributed by atoms with Crippen molar-refractivity contribution in [2.45, 2.75) is 0 Å². The molecule has 0 radical (unpaired) electrons. The molecule has 8 heteroatoms. The highest BCUT2D eigenvalue weighted by atomic mass is 35.5. The summed E-state index contributed by atoms with van der Waals surface area (Å²) in [7, 11) is 5.05. The molecule has 0 atom stereocenters. The minimum absolute atomic E-state index is 0.389. The van der Waals surface area contributed by atoms with Gasteiger partial charge in [-0.15, -0.1) is 0 Å². The molecule has 0 saturated carbocycles. The summed E-state index contributed by atoms with van der Waals surface area (Å²) in [4.78, 5) is 9.65. The maximum absolute atomic E-state index is 6.17. The highest BCUT2D eigenvalue weighted by molar-refractivity contribution is 7.15. The lowest BCUT2D eigenvalue weighted by Crippen LogP contribution is -2.31. The van der Waals surface area contributed by atoms with E-state index in [2.05, 4.69) is 15.3 Å². The van der Waals surface area contributed by atoms with Gasteiger partial charge in [-0.2, -0.15) is 0 Å². The molecule has 1 N–H and O–H groups in total. The van der Waals surface area contributed by atoms with Crippen molar-refractivity contribution in [1.82, 2.24) is 9.97 Å². The summed E-state index contributed by atoms with van der Waals surface area (Å²) in [6.45, 7) is 0. The smallest absolute Gasteiger partial charge is 0.399 e. The fraction of sp³-hybridized carbons (Fsp3) is 0.214. The molecule has 0 amide bonds. The maximum atomic E-state index is 6.17.